The average Bonchev–Trinajstić information content (AvgIpc) is 2.94. The fraction of sp³-hybridized carbons (Fsp3) is 0.300. The monoisotopic (exact) mass is 547 g/mol. The molecule has 0 aliphatic carbocycles. The molecule has 0 saturated carbocycles. The number of amides is 2. The Hall–Kier alpha value is -3.84. The van der Waals surface area contributed by atoms with E-state index in [0.717, 1.165) is 5.56 Å². The van der Waals surface area contributed by atoms with Crippen LogP contribution < -0.4 is 10.1 Å². The highest BCUT2D eigenvalue weighted by molar-refractivity contribution is 7.89. The lowest BCUT2D eigenvalue weighted by molar-refractivity contribution is 0.0830. The zero-order valence-electron chi connectivity index (χ0n) is 22.2. The maximum atomic E-state index is 13.7. The van der Waals surface area contributed by atoms with Gasteiger partial charge in [0, 0.05) is 42.4 Å². The van der Waals surface area contributed by atoms with Crippen LogP contribution in [-0.4, -0.2) is 67.7 Å². The first-order chi connectivity index (χ1) is 18.7. The van der Waals surface area contributed by atoms with Crippen molar-refractivity contribution in [1.29, 1.82) is 0 Å². The normalized spacial score (nSPS) is 19.2. The van der Waals surface area contributed by atoms with Crippen LogP contribution in [0.2, 0.25) is 0 Å². The molecule has 0 unspecified atom stereocenters. The Balaban J connectivity index is 1.67. The minimum atomic E-state index is -3.97. The zero-order valence-corrected chi connectivity index (χ0v) is 23.1. The van der Waals surface area contributed by atoms with E-state index in [2.05, 4.69) is 17.2 Å². The summed E-state index contributed by atoms with van der Waals surface area (Å²) in [6.07, 6.45) is -0.531. The smallest absolute Gasteiger partial charge is 0.321 e. The molecule has 8 nitrogen and oxygen atoms in total. The van der Waals surface area contributed by atoms with Crippen molar-refractivity contribution in [3.8, 4) is 17.6 Å². The molecular weight excluding hydrogens is 514 g/mol. The Labute approximate surface area is 230 Å². The summed E-state index contributed by atoms with van der Waals surface area (Å²) in [7, 11) is -2.31. The van der Waals surface area contributed by atoms with E-state index in [4.69, 9.17) is 4.74 Å². The maximum Gasteiger partial charge on any atom is 0.321 e. The molecule has 0 fully saturated rings. The van der Waals surface area contributed by atoms with Gasteiger partial charge in [-0.2, -0.15) is 4.31 Å². The summed E-state index contributed by atoms with van der Waals surface area (Å²) in [5, 5.41) is 12.7. The first-order valence-corrected chi connectivity index (χ1v) is 14.2. The van der Waals surface area contributed by atoms with Crippen molar-refractivity contribution in [1.82, 2.24) is 9.21 Å². The van der Waals surface area contributed by atoms with Crippen LogP contribution in [0.4, 0.5) is 10.5 Å². The highest BCUT2D eigenvalue weighted by Gasteiger charge is 2.38. The molecule has 1 heterocycles. The number of carbonyl (C=O) groups is 1. The van der Waals surface area contributed by atoms with Crippen molar-refractivity contribution >= 4 is 21.7 Å². The van der Waals surface area contributed by atoms with Gasteiger partial charge in [-0.05, 0) is 49.4 Å². The fourth-order valence-corrected chi connectivity index (χ4v) is 6.11. The summed E-state index contributed by atoms with van der Waals surface area (Å²) in [6.45, 7) is 3.55. The Morgan fingerprint density at radius 1 is 1.08 bits per heavy atom. The standard InChI is InChI=1S/C30H33N3O5S/c1-22-19-33(23(2)21-34)39(36,37)29-17-16-25(15-14-24-10-6-4-7-11-24)18-27(29)38-28(22)20-32(3)30(35)31-26-12-8-5-9-13-26/h4-13,16-18,22-23,28,34H,19-21H2,1-3H3,(H,31,35)/t22-,23-,28-/m1/s1. The van der Waals surface area contributed by atoms with Gasteiger partial charge in [-0.25, -0.2) is 13.2 Å². The quantitative estimate of drug-likeness (QED) is 0.470. The molecule has 39 heavy (non-hydrogen) atoms. The van der Waals surface area contributed by atoms with Crippen LogP contribution in [0.5, 0.6) is 5.75 Å². The Morgan fingerprint density at radius 3 is 2.38 bits per heavy atom. The van der Waals surface area contributed by atoms with Crippen LogP contribution in [0.1, 0.15) is 25.0 Å². The lowest BCUT2D eigenvalue weighted by Crippen LogP contribution is -2.50. The molecule has 0 saturated heterocycles. The van der Waals surface area contributed by atoms with E-state index in [9.17, 15) is 18.3 Å². The summed E-state index contributed by atoms with van der Waals surface area (Å²) in [5.74, 6) is 6.03. The Bertz CT molecular complexity index is 1450. The van der Waals surface area contributed by atoms with Crippen molar-refractivity contribution in [3.05, 3.63) is 90.0 Å². The second kappa shape index (κ2) is 12.3. The number of aliphatic hydroxyl groups excluding tert-OH is 1. The van der Waals surface area contributed by atoms with Gasteiger partial charge in [0.05, 0.1) is 13.2 Å². The third-order valence-electron chi connectivity index (χ3n) is 6.62. The zero-order chi connectivity index (χ0) is 28.0. The van der Waals surface area contributed by atoms with Crippen LogP contribution in [0.3, 0.4) is 0 Å². The topological polar surface area (TPSA) is 99.2 Å². The summed E-state index contributed by atoms with van der Waals surface area (Å²) in [5.41, 5.74) is 2.09. The molecule has 1 aliphatic rings. The third kappa shape index (κ3) is 6.79. The Morgan fingerprint density at radius 2 is 1.72 bits per heavy atom. The van der Waals surface area contributed by atoms with Crippen LogP contribution in [0.15, 0.2) is 83.8 Å². The lowest BCUT2D eigenvalue weighted by Gasteiger charge is -2.37. The van der Waals surface area contributed by atoms with Gasteiger partial charge in [0.2, 0.25) is 10.0 Å². The minimum Gasteiger partial charge on any atom is -0.487 e. The molecule has 0 radical (unpaired) electrons. The van der Waals surface area contributed by atoms with Gasteiger partial charge >= 0.3 is 6.03 Å². The molecular formula is C30H33N3O5S. The van der Waals surface area contributed by atoms with Crippen LogP contribution in [0.25, 0.3) is 0 Å². The summed E-state index contributed by atoms with van der Waals surface area (Å²) < 4.78 is 35.0. The molecule has 3 aromatic carbocycles. The van der Waals surface area contributed by atoms with Crippen LogP contribution in [-0.2, 0) is 10.0 Å². The van der Waals surface area contributed by atoms with Crippen molar-refractivity contribution in [2.24, 2.45) is 5.92 Å². The van der Waals surface area contributed by atoms with E-state index in [-0.39, 0.29) is 42.3 Å². The molecule has 0 bridgehead atoms. The SMILES string of the molecule is C[C@@H]1CN([C@H](C)CO)S(=O)(=O)c2ccc(C#Cc3ccccc3)cc2O[C@@H]1CN(C)C(=O)Nc1ccccc1. The molecule has 2 N–H and O–H groups in total. The van der Waals surface area contributed by atoms with E-state index in [1.807, 2.05) is 55.5 Å². The van der Waals surface area contributed by atoms with Crippen LogP contribution >= 0.6 is 0 Å². The minimum absolute atomic E-state index is 0.00125. The number of nitrogens with zero attached hydrogens (tertiary/aromatic N) is 2. The number of rotatable bonds is 5. The average molecular weight is 548 g/mol. The van der Waals surface area contributed by atoms with Gasteiger partial charge in [0.25, 0.3) is 0 Å². The van der Waals surface area contributed by atoms with E-state index < -0.39 is 22.2 Å². The molecule has 0 aromatic heterocycles. The number of sulfonamides is 1. The number of fused-ring (bicyclic) bond motifs is 1. The van der Waals surface area contributed by atoms with Crippen molar-refractivity contribution in [2.75, 3.05) is 32.1 Å². The molecule has 3 aromatic rings. The third-order valence-corrected chi connectivity index (χ3v) is 8.64. The van der Waals surface area contributed by atoms with Crippen molar-refractivity contribution in [2.45, 2.75) is 30.9 Å². The largest absolute Gasteiger partial charge is 0.487 e. The number of ether oxygens (including phenoxy) is 1. The van der Waals surface area contributed by atoms with Crippen molar-refractivity contribution < 1.29 is 23.1 Å². The molecule has 3 atom stereocenters. The van der Waals surface area contributed by atoms with E-state index >= 15 is 0 Å². The number of urea groups is 1. The van der Waals surface area contributed by atoms with Crippen LogP contribution in [0, 0.1) is 17.8 Å². The van der Waals surface area contributed by atoms with E-state index in [1.165, 1.54) is 15.3 Å². The number of likely N-dealkylation sites (N-methyl/N-ethyl adjacent to an activating group) is 1. The maximum absolute atomic E-state index is 13.7. The second-order valence-corrected chi connectivity index (χ2v) is 11.6. The summed E-state index contributed by atoms with van der Waals surface area (Å²) in [4.78, 5) is 14.4. The Kier molecular flexibility index (Phi) is 8.92. The number of hydrogen-bond acceptors (Lipinski definition) is 5. The van der Waals surface area contributed by atoms with Gasteiger partial charge in [-0.1, -0.05) is 55.2 Å². The molecule has 0 spiro atoms. The molecule has 204 valence electrons. The summed E-state index contributed by atoms with van der Waals surface area (Å²) in [6, 6.07) is 22.4. The molecule has 1 aliphatic heterocycles. The number of nitrogens with one attached hydrogen (secondary N) is 1. The fourth-order valence-electron chi connectivity index (χ4n) is 4.28. The highest BCUT2D eigenvalue weighted by atomic mass is 32.2. The lowest BCUT2D eigenvalue weighted by atomic mass is 10.0. The number of carbonyl (C=O) groups excluding carboxylic acids is 1. The van der Waals surface area contributed by atoms with E-state index in [1.54, 1.807) is 38.2 Å². The van der Waals surface area contributed by atoms with Gasteiger partial charge in [0.15, 0.2) is 0 Å². The number of aliphatic hydroxyl groups is 1. The molecule has 9 heteroatoms. The first-order valence-electron chi connectivity index (χ1n) is 12.8. The van der Waals surface area contributed by atoms with Gasteiger partial charge < -0.3 is 20.1 Å². The summed E-state index contributed by atoms with van der Waals surface area (Å²) >= 11 is 0. The number of para-hydroxylation sites is 1. The predicted molar refractivity (Wildman–Crippen MR) is 151 cm³/mol. The highest BCUT2D eigenvalue weighted by Crippen LogP contribution is 2.34. The second-order valence-electron chi connectivity index (χ2n) is 9.69. The van der Waals surface area contributed by atoms with E-state index in [0.29, 0.717) is 11.3 Å². The van der Waals surface area contributed by atoms with Gasteiger partial charge in [0.1, 0.15) is 16.7 Å². The van der Waals surface area contributed by atoms with Gasteiger partial charge in [-0.3, -0.25) is 0 Å². The van der Waals surface area contributed by atoms with Crippen molar-refractivity contribution in [3.63, 3.8) is 0 Å². The number of anilines is 1. The van der Waals surface area contributed by atoms with Gasteiger partial charge in [-0.15, -0.1) is 0 Å². The molecule has 2 amide bonds. The number of benzene rings is 3. The number of hydrogen-bond donors (Lipinski definition) is 2. The first kappa shape index (κ1) is 28.2. The predicted octanol–water partition coefficient (Wildman–Crippen LogP) is 4.02. The molecule has 4 rings (SSSR count).